The average molecular weight is 524 g/mol. The highest BCUT2D eigenvalue weighted by molar-refractivity contribution is 6.08. The molecular formula is C37H32N2O. The largest absolute Gasteiger partial charge is 0.456 e. The van der Waals surface area contributed by atoms with Crippen molar-refractivity contribution in [3.63, 3.8) is 0 Å². The van der Waals surface area contributed by atoms with Gasteiger partial charge < -0.3 is 4.42 Å². The predicted molar refractivity (Wildman–Crippen MR) is 167 cm³/mol. The first-order chi connectivity index (χ1) is 20.5. The van der Waals surface area contributed by atoms with Gasteiger partial charge >= 0.3 is 0 Å². The molecule has 5 aromatic carbocycles. The number of benzene rings is 5. The molecule has 0 amide bonds. The summed E-state index contributed by atoms with van der Waals surface area (Å²) in [7, 11) is 0. The minimum Gasteiger partial charge on any atom is -0.456 e. The van der Waals surface area contributed by atoms with Crippen molar-refractivity contribution in [2.45, 2.75) is 40.0 Å². The van der Waals surface area contributed by atoms with Gasteiger partial charge in [-0.15, -0.1) is 0 Å². The van der Waals surface area contributed by atoms with Gasteiger partial charge in [-0.2, -0.15) is 0 Å². The molecule has 3 heteroatoms. The Kier molecular flexibility index (Phi) is 4.75. The van der Waals surface area contributed by atoms with E-state index in [0.717, 1.165) is 66.7 Å². The minimum absolute atomic E-state index is 0.0697. The smallest absolute Gasteiger partial charge is 0.145 e. The number of nitrogens with zero attached hydrogens (tertiary/aromatic N) is 2. The predicted octanol–water partition coefficient (Wildman–Crippen LogP) is 10.2. The van der Waals surface area contributed by atoms with Crippen LogP contribution in [0.25, 0.3) is 61.2 Å². The lowest BCUT2D eigenvalue weighted by Gasteiger charge is -2.19. The van der Waals surface area contributed by atoms with Gasteiger partial charge in [0.05, 0.1) is 11.0 Å². The van der Waals surface area contributed by atoms with E-state index >= 15 is 0 Å². The molecule has 0 bridgehead atoms. The average Bonchev–Trinajstić information content (AvgIpc) is 3.55. The van der Waals surface area contributed by atoms with Crippen molar-refractivity contribution in [1.82, 2.24) is 9.55 Å². The van der Waals surface area contributed by atoms with Gasteiger partial charge in [-0.3, -0.25) is 4.57 Å². The van der Waals surface area contributed by atoms with Crippen molar-refractivity contribution >= 4 is 33.0 Å². The second-order valence-electron chi connectivity index (χ2n) is 11.6. The van der Waals surface area contributed by atoms with E-state index in [0.29, 0.717) is 5.56 Å². The number of aromatic nitrogens is 2. The van der Waals surface area contributed by atoms with Crippen molar-refractivity contribution in [2.75, 3.05) is 0 Å². The lowest BCUT2D eigenvalue weighted by Crippen LogP contribution is -2.11. The van der Waals surface area contributed by atoms with Crippen LogP contribution in [-0.2, 0) is 5.41 Å². The first-order valence-corrected chi connectivity index (χ1v) is 13.6. The molecule has 0 aliphatic carbocycles. The monoisotopic (exact) mass is 523 g/mol. The molecule has 0 saturated carbocycles. The maximum Gasteiger partial charge on any atom is 0.145 e. The van der Waals surface area contributed by atoms with Gasteiger partial charge in [-0.05, 0) is 96.0 Å². The van der Waals surface area contributed by atoms with E-state index in [9.17, 15) is 0 Å². The van der Waals surface area contributed by atoms with Crippen molar-refractivity contribution < 1.29 is 8.53 Å². The molecule has 7 aromatic rings. The molecule has 40 heavy (non-hydrogen) atoms. The van der Waals surface area contributed by atoms with Crippen molar-refractivity contribution in [2.24, 2.45) is 0 Å². The Morgan fingerprint density at radius 2 is 1.48 bits per heavy atom. The third kappa shape index (κ3) is 4.01. The Morgan fingerprint density at radius 1 is 0.750 bits per heavy atom. The summed E-state index contributed by atoms with van der Waals surface area (Å²) in [5.41, 5.74) is 10.4. The molecule has 3 nitrogen and oxygen atoms in total. The van der Waals surface area contributed by atoms with Crippen LogP contribution in [0.15, 0.2) is 108 Å². The van der Waals surface area contributed by atoms with Crippen LogP contribution in [0.5, 0.6) is 0 Å². The minimum atomic E-state index is -2.12. The highest BCUT2D eigenvalue weighted by Crippen LogP contribution is 2.38. The van der Waals surface area contributed by atoms with Gasteiger partial charge in [0, 0.05) is 26.1 Å². The van der Waals surface area contributed by atoms with E-state index in [1.165, 1.54) is 5.56 Å². The van der Waals surface area contributed by atoms with Crippen molar-refractivity contribution in [3.8, 4) is 28.2 Å². The maximum atomic E-state index is 7.70. The van der Waals surface area contributed by atoms with Crippen LogP contribution in [0.2, 0.25) is 0 Å². The Morgan fingerprint density at radius 3 is 2.23 bits per heavy atom. The van der Waals surface area contributed by atoms with Crippen LogP contribution in [0.1, 0.15) is 41.6 Å². The van der Waals surface area contributed by atoms with Crippen LogP contribution in [0.3, 0.4) is 0 Å². The van der Waals surface area contributed by atoms with Crippen molar-refractivity contribution in [1.29, 1.82) is 0 Å². The highest BCUT2D eigenvalue weighted by Gasteiger charge is 2.19. The summed E-state index contributed by atoms with van der Waals surface area (Å²) in [5, 5.41) is 2.03. The molecule has 7 rings (SSSR count). The number of imidazole rings is 1. The van der Waals surface area contributed by atoms with Crippen LogP contribution in [0.4, 0.5) is 0 Å². The van der Waals surface area contributed by atoms with Crippen LogP contribution in [0, 0.1) is 13.8 Å². The molecule has 0 spiro atoms. The maximum absolute atomic E-state index is 7.70. The van der Waals surface area contributed by atoms with Crippen LogP contribution < -0.4 is 0 Å². The lowest BCUT2D eigenvalue weighted by molar-refractivity contribution is 0.590. The molecule has 0 saturated heterocycles. The summed E-state index contributed by atoms with van der Waals surface area (Å²) < 4.78 is 31.7. The quantitative estimate of drug-likeness (QED) is 0.231. The van der Waals surface area contributed by atoms with E-state index in [-0.39, 0.29) is 5.41 Å². The molecule has 0 fully saturated rings. The summed E-state index contributed by atoms with van der Waals surface area (Å²) in [6, 6.07) is 34.6. The molecule has 196 valence electrons. The highest BCUT2D eigenvalue weighted by atomic mass is 16.3. The molecule has 0 N–H and O–H groups in total. The fourth-order valence-electron chi connectivity index (χ4n) is 5.61. The van der Waals surface area contributed by atoms with E-state index in [4.69, 9.17) is 13.5 Å². The van der Waals surface area contributed by atoms with Crippen LogP contribution in [-0.4, -0.2) is 9.55 Å². The zero-order valence-electron chi connectivity index (χ0n) is 26.1. The van der Waals surface area contributed by atoms with E-state index in [1.807, 2.05) is 31.2 Å². The lowest BCUT2D eigenvalue weighted by atomic mass is 9.87. The number of para-hydroxylation sites is 2. The summed E-state index contributed by atoms with van der Waals surface area (Å²) in [6.07, 6.45) is 0. The van der Waals surface area contributed by atoms with E-state index in [1.54, 1.807) is 12.1 Å². The van der Waals surface area contributed by atoms with E-state index in [2.05, 4.69) is 92.1 Å². The number of aryl methyl sites for hydroxylation is 2. The summed E-state index contributed by atoms with van der Waals surface area (Å²) in [6.45, 7) is 6.60. The van der Waals surface area contributed by atoms with Crippen LogP contribution >= 0.6 is 0 Å². The van der Waals surface area contributed by atoms with Gasteiger partial charge in [0.2, 0.25) is 0 Å². The molecular weight excluding hydrogens is 488 g/mol. The SMILES string of the molecule is [2H]C([2H])([2H])c1ccc(-c2cc(C)c3oc4ccc(-c5nc6ccccc6n5-c5ccc(C(C)(C)C)cc5)cc4c3c2)cc1. The molecule has 2 heterocycles. The topological polar surface area (TPSA) is 31.0 Å². The van der Waals surface area contributed by atoms with Gasteiger partial charge in [-0.1, -0.05) is 74.9 Å². The van der Waals surface area contributed by atoms with Gasteiger partial charge in [-0.25, -0.2) is 4.98 Å². The second kappa shape index (κ2) is 8.96. The fraction of sp³-hybridized carbons (Fsp3) is 0.162. The molecule has 2 aromatic heterocycles. The van der Waals surface area contributed by atoms with Gasteiger partial charge in [0.1, 0.15) is 17.0 Å². The fourth-order valence-corrected chi connectivity index (χ4v) is 5.61. The molecule has 0 atom stereocenters. The molecule has 0 unspecified atom stereocenters. The first-order valence-electron chi connectivity index (χ1n) is 15.1. The van der Waals surface area contributed by atoms with Gasteiger partial charge in [0.15, 0.2) is 0 Å². The Hall–Kier alpha value is -4.63. The normalized spacial score (nSPS) is 13.6. The molecule has 0 aliphatic rings. The Balaban J connectivity index is 1.39. The Bertz CT molecular complexity index is 2140. The zero-order chi connectivity index (χ0) is 30.1. The third-order valence-electron chi connectivity index (χ3n) is 7.79. The molecule has 0 radical (unpaired) electrons. The first kappa shape index (κ1) is 21.2. The Labute approximate surface area is 238 Å². The van der Waals surface area contributed by atoms with Gasteiger partial charge in [0.25, 0.3) is 0 Å². The standard InChI is InChI=1S/C37H32N2O/c1-23-10-12-25(13-11-23)27-20-24(2)35-31(22-27)30-21-26(14-19-34(30)40-35)36-38-32-8-6-7-9-33(32)39(36)29-17-15-28(16-18-29)37(3,4)5/h6-22H,1-5H3/i1D3. The summed E-state index contributed by atoms with van der Waals surface area (Å²) in [5.74, 6) is 0.870. The second-order valence-corrected chi connectivity index (χ2v) is 11.6. The number of rotatable bonds is 3. The number of furan rings is 1. The number of hydrogen-bond donors (Lipinski definition) is 0. The third-order valence-corrected chi connectivity index (χ3v) is 7.79. The van der Waals surface area contributed by atoms with Crippen molar-refractivity contribution in [3.05, 3.63) is 120 Å². The molecule has 0 aliphatic heterocycles. The zero-order valence-corrected chi connectivity index (χ0v) is 23.1. The van der Waals surface area contributed by atoms with E-state index < -0.39 is 6.85 Å². The summed E-state index contributed by atoms with van der Waals surface area (Å²) in [4.78, 5) is 5.10. The number of fused-ring (bicyclic) bond motifs is 4. The number of hydrogen-bond acceptors (Lipinski definition) is 2. The summed E-state index contributed by atoms with van der Waals surface area (Å²) >= 11 is 0.